The molecule has 0 heterocycles. The van der Waals surface area contributed by atoms with Crippen molar-refractivity contribution in [3.63, 3.8) is 0 Å². The van der Waals surface area contributed by atoms with Crippen LogP contribution in [0.3, 0.4) is 0 Å². The first-order chi connectivity index (χ1) is 14.5. The van der Waals surface area contributed by atoms with Crippen LogP contribution in [0.5, 0.6) is 0 Å². The van der Waals surface area contributed by atoms with E-state index in [1.165, 1.54) is 24.4 Å². The lowest BCUT2D eigenvalue weighted by Crippen LogP contribution is -2.47. The van der Waals surface area contributed by atoms with Crippen molar-refractivity contribution in [3.8, 4) is 0 Å². The van der Waals surface area contributed by atoms with Gasteiger partial charge in [0.25, 0.3) is 0 Å². The first kappa shape index (κ1) is 24.6. The molecular formula is C25H33F2N3O. The molecule has 1 fully saturated rings. The topological polar surface area (TPSA) is 53.8 Å². The number of hydrogen-bond acceptors (Lipinski definition) is 3. The molecular weight excluding hydrogens is 396 g/mol. The number of amides is 1. The molecule has 168 valence electrons. The van der Waals surface area contributed by atoms with E-state index in [9.17, 15) is 13.6 Å². The highest BCUT2D eigenvalue weighted by molar-refractivity contribution is 5.83. The van der Waals surface area contributed by atoms with E-state index < -0.39 is 22.5 Å². The summed E-state index contributed by atoms with van der Waals surface area (Å²) in [4.78, 5) is 13.0. The molecule has 6 heteroatoms. The molecule has 1 amide bonds. The van der Waals surface area contributed by atoms with Crippen molar-refractivity contribution in [2.45, 2.75) is 47.5 Å². The summed E-state index contributed by atoms with van der Waals surface area (Å²) in [6, 6.07) is 3.65. The summed E-state index contributed by atoms with van der Waals surface area (Å²) < 4.78 is 28.8. The minimum Gasteiger partial charge on any atom is -0.355 e. The summed E-state index contributed by atoms with van der Waals surface area (Å²) in [6.45, 7) is 18.5. The van der Waals surface area contributed by atoms with Crippen LogP contribution in [-0.4, -0.2) is 12.5 Å². The molecule has 1 aliphatic carbocycles. The Morgan fingerprint density at radius 3 is 2.45 bits per heavy atom. The number of carbonyl (C=O) groups is 1. The van der Waals surface area contributed by atoms with Gasteiger partial charge in [0.1, 0.15) is 11.6 Å². The van der Waals surface area contributed by atoms with Gasteiger partial charge < -0.3 is 5.32 Å². The first-order valence-electron chi connectivity index (χ1n) is 10.6. The smallest absolute Gasteiger partial charge is 0.226 e. The molecule has 0 aliphatic heterocycles. The van der Waals surface area contributed by atoms with Gasteiger partial charge in [0.2, 0.25) is 5.91 Å². The number of hydrogen-bond donors (Lipinski definition) is 1. The molecule has 1 saturated carbocycles. The van der Waals surface area contributed by atoms with E-state index in [1.54, 1.807) is 6.08 Å². The largest absolute Gasteiger partial charge is 0.355 e. The first-order valence-corrected chi connectivity index (χ1v) is 10.6. The highest BCUT2D eigenvalue weighted by Crippen LogP contribution is 2.58. The number of nitrogens with zero attached hydrogens (tertiary/aromatic N) is 2. The Bertz CT molecular complexity index is 897. The molecule has 4 nitrogen and oxygen atoms in total. The predicted molar refractivity (Wildman–Crippen MR) is 121 cm³/mol. The summed E-state index contributed by atoms with van der Waals surface area (Å²) >= 11 is 0. The van der Waals surface area contributed by atoms with Crippen LogP contribution in [-0.2, 0) is 4.79 Å². The highest BCUT2D eigenvalue weighted by atomic mass is 19.1. The number of carbonyl (C=O) groups excluding carboxylic acids is 1. The fraction of sp³-hybridized carbons (Fsp3) is 0.480. The molecule has 0 aromatic heterocycles. The number of benzene rings is 1. The van der Waals surface area contributed by atoms with Gasteiger partial charge >= 0.3 is 0 Å². The maximum absolute atomic E-state index is 14.4. The molecule has 2 atom stereocenters. The number of halogens is 2. The number of azo groups is 1. The minimum absolute atomic E-state index is 0.0252. The summed E-state index contributed by atoms with van der Waals surface area (Å²) in [5.74, 6) is -1.14. The van der Waals surface area contributed by atoms with Gasteiger partial charge in [-0.3, -0.25) is 4.79 Å². The van der Waals surface area contributed by atoms with Gasteiger partial charge in [-0.15, -0.1) is 0 Å². The SMILES string of the molecule is C=C/N=N\C(=C/C(=C)C1CC[C@](C)(C(=O)NCC(C)C)C1(C)C)c1c(F)cccc1F. The van der Waals surface area contributed by atoms with Crippen molar-refractivity contribution in [1.29, 1.82) is 0 Å². The second kappa shape index (κ2) is 9.67. The average molecular weight is 430 g/mol. The zero-order valence-electron chi connectivity index (χ0n) is 19.1. The Hall–Kier alpha value is -2.63. The molecule has 1 unspecified atom stereocenters. The number of nitrogens with one attached hydrogen (secondary N) is 1. The van der Waals surface area contributed by atoms with E-state index in [1.807, 2.05) is 20.8 Å². The van der Waals surface area contributed by atoms with Crippen LogP contribution in [0.2, 0.25) is 0 Å². The van der Waals surface area contributed by atoms with Crippen LogP contribution in [0.15, 0.2) is 59.4 Å². The minimum atomic E-state index is -0.731. The standard InChI is InChI=1S/C25H33F2N3O/c1-8-29-30-21(22-19(26)10-9-11-20(22)27)14-17(4)18-12-13-25(7,24(18,5)6)23(31)28-15-16(2)3/h8-11,14,16,18H,1,4,12-13,15H2,2-3,5-7H3,(H,28,31)/b21-14-,30-29-/t18?,25-/m1/s1. The molecule has 0 spiro atoms. The zero-order valence-corrected chi connectivity index (χ0v) is 19.1. The van der Waals surface area contributed by atoms with Crippen LogP contribution in [0, 0.1) is 34.3 Å². The molecule has 2 rings (SSSR count). The van der Waals surface area contributed by atoms with Crippen molar-refractivity contribution in [3.05, 3.63) is 66.4 Å². The quantitative estimate of drug-likeness (QED) is 0.364. The molecule has 0 saturated heterocycles. The maximum atomic E-state index is 14.4. The molecule has 0 bridgehead atoms. The van der Waals surface area contributed by atoms with Crippen molar-refractivity contribution >= 4 is 11.6 Å². The summed E-state index contributed by atoms with van der Waals surface area (Å²) in [6.07, 6.45) is 4.20. The van der Waals surface area contributed by atoms with E-state index >= 15 is 0 Å². The fourth-order valence-corrected chi connectivity index (χ4v) is 4.32. The van der Waals surface area contributed by atoms with E-state index in [-0.39, 0.29) is 23.1 Å². The highest BCUT2D eigenvalue weighted by Gasteiger charge is 2.56. The zero-order chi connectivity index (χ0) is 23.4. The molecule has 31 heavy (non-hydrogen) atoms. The predicted octanol–water partition coefficient (Wildman–Crippen LogP) is 6.67. The monoisotopic (exact) mass is 429 g/mol. The second-order valence-electron chi connectivity index (χ2n) is 9.35. The lowest BCUT2D eigenvalue weighted by molar-refractivity contribution is -0.135. The van der Waals surface area contributed by atoms with Gasteiger partial charge in [0.15, 0.2) is 0 Å². The van der Waals surface area contributed by atoms with Gasteiger partial charge in [-0.2, -0.15) is 10.2 Å². The van der Waals surface area contributed by atoms with Gasteiger partial charge in [0, 0.05) is 12.7 Å². The van der Waals surface area contributed by atoms with Gasteiger partial charge in [-0.1, -0.05) is 53.8 Å². The third-order valence-corrected chi connectivity index (χ3v) is 6.63. The third-order valence-electron chi connectivity index (χ3n) is 6.63. The van der Waals surface area contributed by atoms with Gasteiger partial charge in [0.05, 0.1) is 16.7 Å². The second-order valence-corrected chi connectivity index (χ2v) is 9.35. The third kappa shape index (κ3) is 5.00. The normalized spacial score (nSPS) is 23.4. The Morgan fingerprint density at radius 2 is 1.90 bits per heavy atom. The van der Waals surface area contributed by atoms with Gasteiger partial charge in [-0.05, 0) is 53.9 Å². The van der Waals surface area contributed by atoms with Crippen LogP contribution in [0.25, 0.3) is 5.70 Å². The van der Waals surface area contributed by atoms with Crippen molar-refractivity contribution in [1.82, 2.24) is 5.32 Å². The van der Waals surface area contributed by atoms with Crippen LogP contribution in [0.1, 0.15) is 53.0 Å². The number of rotatable bonds is 8. The molecule has 1 N–H and O–H groups in total. The average Bonchev–Trinajstić information content (AvgIpc) is 2.93. The molecule has 0 radical (unpaired) electrons. The Balaban J connectivity index is 2.40. The molecule has 1 aromatic carbocycles. The Morgan fingerprint density at radius 1 is 1.29 bits per heavy atom. The van der Waals surface area contributed by atoms with Crippen molar-refractivity contribution in [2.24, 2.45) is 32.9 Å². The maximum Gasteiger partial charge on any atom is 0.226 e. The number of allylic oxidation sites excluding steroid dienone is 2. The van der Waals surface area contributed by atoms with E-state index in [2.05, 4.69) is 42.6 Å². The Kier molecular flexibility index (Phi) is 7.68. The Labute approximate surface area is 184 Å². The summed E-state index contributed by atoms with van der Waals surface area (Å²) in [7, 11) is 0. The van der Waals surface area contributed by atoms with Crippen molar-refractivity contribution in [2.75, 3.05) is 6.54 Å². The lowest BCUT2D eigenvalue weighted by atomic mass is 9.63. The van der Waals surface area contributed by atoms with E-state index in [0.717, 1.165) is 6.42 Å². The molecule has 1 aliphatic rings. The van der Waals surface area contributed by atoms with Crippen molar-refractivity contribution < 1.29 is 13.6 Å². The van der Waals surface area contributed by atoms with Gasteiger partial charge in [-0.25, -0.2) is 8.78 Å². The summed E-state index contributed by atoms with van der Waals surface area (Å²) in [5.41, 5.74) is -0.575. The van der Waals surface area contributed by atoms with Crippen LogP contribution < -0.4 is 5.32 Å². The van der Waals surface area contributed by atoms with Crippen LogP contribution in [0.4, 0.5) is 8.78 Å². The van der Waals surface area contributed by atoms with E-state index in [4.69, 9.17) is 0 Å². The van der Waals surface area contributed by atoms with Crippen LogP contribution >= 0.6 is 0 Å². The lowest BCUT2D eigenvalue weighted by Gasteiger charge is -2.41. The van der Waals surface area contributed by atoms with E-state index in [0.29, 0.717) is 24.5 Å². The summed E-state index contributed by atoms with van der Waals surface area (Å²) in [5, 5.41) is 10.7. The fourth-order valence-electron chi connectivity index (χ4n) is 4.32. The molecule has 1 aromatic rings.